The number of rotatable bonds is 1. The van der Waals surface area contributed by atoms with Crippen LogP contribution in [-0.2, 0) is 4.74 Å². The van der Waals surface area contributed by atoms with Crippen LogP contribution in [0.1, 0.15) is 11.6 Å². The first-order valence-electron chi connectivity index (χ1n) is 4.66. The second kappa shape index (κ2) is 4.42. The largest absolute Gasteiger partial charge is 0.443 e. The molecule has 0 radical (unpaired) electrons. The highest BCUT2D eigenvalue weighted by Gasteiger charge is 2.47. The van der Waals surface area contributed by atoms with Crippen molar-refractivity contribution in [2.24, 2.45) is 0 Å². The molecule has 1 aliphatic rings. The van der Waals surface area contributed by atoms with Crippen molar-refractivity contribution in [3.63, 3.8) is 0 Å². The minimum absolute atomic E-state index is 0.155. The molecule has 0 spiro atoms. The smallest absolute Gasteiger partial charge is 0.408 e. The van der Waals surface area contributed by atoms with Crippen molar-refractivity contribution in [2.45, 2.75) is 12.0 Å². The Kier molecular flexibility index (Phi) is 3.27. The number of alkyl carbamates (subject to hydrolysis) is 1. The average molecular weight is 327 g/mol. The van der Waals surface area contributed by atoms with E-state index in [9.17, 15) is 13.6 Å². The third kappa shape index (κ3) is 2.52. The van der Waals surface area contributed by atoms with Gasteiger partial charge in [-0.1, -0.05) is 27.5 Å². The number of alkyl halides is 2. The van der Waals surface area contributed by atoms with Gasteiger partial charge in [0.05, 0.1) is 0 Å². The van der Waals surface area contributed by atoms with Gasteiger partial charge in [-0.3, -0.25) is 0 Å². The quantitative estimate of drug-likeness (QED) is 0.857. The molecule has 1 amide bonds. The van der Waals surface area contributed by atoms with E-state index in [4.69, 9.17) is 11.6 Å². The Morgan fingerprint density at radius 1 is 1.53 bits per heavy atom. The van der Waals surface area contributed by atoms with E-state index in [1.807, 2.05) is 0 Å². The molecule has 1 aromatic carbocycles. The number of ether oxygens (including phenoxy) is 1. The highest BCUT2D eigenvalue weighted by atomic mass is 79.9. The third-order valence-electron chi connectivity index (χ3n) is 2.35. The molecule has 0 bridgehead atoms. The molecule has 0 aromatic heterocycles. The van der Waals surface area contributed by atoms with Gasteiger partial charge in [0.25, 0.3) is 0 Å². The zero-order chi connectivity index (χ0) is 12.6. The maximum absolute atomic E-state index is 13.6. The number of halogens is 4. The standard InChI is InChI=1S/C10H7BrClF2NO2/c11-5-1-2-7(12)6(3-5)8-10(13,14)4-17-9(16)15-8/h1-3,8H,4H2,(H,15,16)/t8-/m0/s1. The van der Waals surface area contributed by atoms with Gasteiger partial charge in [-0.05, 0) is 18.2 Å². The van der Waals surface area contributed by atoms with E-state index in [1.54, 1.807) is 6.07 Å². The summed E-state index contributed by atoms with van der Waals surface area (Å²) < 4.78 is 32.1. The topological polar surface area (TPSA) is 38.3 Å². The van der Waals surface area contributed by atoms with E-state index in [2.05, 4.69) is 26.0 Å². The first kappa shape index (κ1) is 12.6. The second-order valence-corrected chi connectivity index (χ2v) is 4.90. The maximum atomic E-state index is 13.6. The highest BCUT2D eigenvalue weighted by Crippen LogP contribution is 2.38. The summed E-state index contributed by atoms with van der Waals surface area (Å²) in [7, 11) is 0. The van der Waals surface area contributed by atoms with Crippen molar-refractivity contribution in [3.05, 3.63) is 33.3 Å². The number of benzene rings is 1. The summed E-state index contributed by atoms with van der Waals surface area (Å²) in [6.07, 6.45) is -0.878. The third-order valence-corrected chi connectivity index (χ3v) is 3.19. The lowest BCUT2D eigenvalue weighted by molar-refractivity contribution is -0.104. The number of cyclic esters (lactones) is 1. The van der Waals surface area contributed by atoms with Gasteiger partial charge in [0.1, 0.15) is 6.04 Å². The molecule has 2 rings (SSSR count). The predicted octanol–water partition coefficient (Wildman–Crippen LogP) is 3.52. The molecule has 0 saturated carbocycles. The Labute approximate surface area is 109 Å². The Morgan fingerprint density at radius 3 is 2.94 bits per heavy atom. The van der Waals surface area contributed by atoms with Crippen LogP contribution >= 0.6 is 27.5 Å². The molecule has 7 heteroatoms. The van der Waals surface area contributed by atoms with Gasteiger partial charge in [0.2, 0.25) is 0 Å². The Bertz CT molecular complexity index is 470. The Morgan fingerprint density at radius 2 is 2.24 bits per heavy atom. The van der Waals surface area contributed by atoms with E-state index >= 15 is 0 Å². The van der Waals surface area contributed by atoms with Gasteiger partial charge in [0.15, 0.2) is 6.61 Å². The van der Waals surface area contributed by atoms with Crippen LogP contribution in [0.5, 0.6) is 0 Å². The molecular formula is C10H7BrClF2NO2. The molecule has 1 saturated heterocycles. The van der Waals surface area contributed by atoms with Crippen molar-refractivity contribution in [2.75, 3.05) is 6.61 Å². The summed E-state index contributed by atoms with van der Waals surface area (Å²) in [5, 5.41) is 2.24. The number of amides is 1. The van der Waals surface area contributed by atoms with Crippen molar-refractivity contribution >= 4 is 33.6 Å². The molecule has 1 heterocycles. The lowest BCUT2D eigenvalue weighted by atomic mass is 10.0. The van der Waals surface area contributed by atoms with Gasteiger partial charge in [-0.15, -0.1) is 0 Å². The van der Waals surface area contributed by atoms with Gasteiger partial charge in [-0.2, -0.15) is 0 Å². The molecule has 1 aliphatic heterocycles. The van der Waals surface area contributed by atoms with E-state index < -0.39 is 24.7 Å². The fourth-order valence-electron chi connectivity index (χ4n) is 1.55. The summed E-state index contributed by atoms with van der Waals surface area (Å²) in [5.41, 5.74) is 0.155. The highest BCUT2D eigenvalue weighted by molar-refractivity contribution is 9.10. The van der Waals surface area contributed by atoms with Crippen molar-refractivity contribution in [1.29, 1.82) is 0 Å². The lowest BCUT2D eigenvalue weighted by Gasteiger charge is -2.32. The Balaban J connectivity index is 2.42. The maximum Gasteiger partial charge on any atom is 0.408 e. The van der Waals surface area contributed by atoms with E-state index in [1.165, 1.54) is 12.1 Å². The average Bonchev–Trinajstić information content (AvgIpc) is 2.26. The number of carbonyl (C=O) groups excluding carboxylic acids is 1. The van der Waals surface area contributed by atoms with Crippen LogP contribution in [0.3, 0.4) is 0 Å². The summed E-state index contributed by atoms with van der Waals surface area (Å²) in [4.78, 5) is 11.0. The van der Waals surface area contributed by atoms with Crippen molar-refractivity contribution < 1.29 is 18.3 Å². The summed E-state index contributed by atoms with van der Waals surface area (Å²) in [6, 6.07) is 3.09. The van der Waals surface area contributed by atoms with E-state index in [0.29, 0.717) is 4.47 Å². The van der Waals surface area contributed by atoms with Gasteiger partial charge in [0, 0.05) is 15.1 Å². The van der Waals surface area contributed by atoms with Gasteiger partial charge >= 0.3 is 12.0 Å². The second-order valence-electron chi connectivity index (χ2n) is 3.58. The Hall–Kier alpha value is -0.880. The number of nitrogens with one attached hydrogen (secondary N) is 1. The number of hydrogen-bond donors (Lipinski definition) is 1. The molecular weight excluding hydrogens is 319 g/mol. The molecule has 3 nitrogen and oxygen atoms in total. The van der Waals surface area contributed by atoms with Crippen LogP contribution in [0, 0.1) is 0 Å². The van der Waals surface area contributed by atoms with Crippen LogP contribution in [0.2, 0.25) is 5.02 Å². The van der Waals surface area contributed by atoms with Crippen LogP contribution < -0.4 is 5.32 Å². The molecule has 0 unspecified atom stereocenters. The van der Waals surface area contributed by atoms with Crippen LogP contribution in [0.15, 0.2) is 22.7 Å². The zero-order valence-corrected chi connectivity index (χ0v) is 10.7. The van der Waals surface area contributed by atoms with Crippen molar-refractivity contribution in [3.8, 4) is 0 Å². The molecule has 17 heavy (non-hydrogen) atoms. The fourth-order valence-corrected chi connectivity index (χ4v) is 2.16. The minimum Gasteiger partial charge on any atom is -0.443 e. The monoisotopic (exact) mass is 325 g/mol. The first-order chi connectivity index (χ1) is 7.90. The molecule has 0 aliphatic carbocycles. The normalized spacial score (nSPS) is 22.8. The van der Waals surface area contributed by atoms with E-state index in [-0.39, 0.29) is 10.6 Å². The van der Waals surface area contributed by atoms with Crippen molar-refractivity contribution in [1.82, 2.24) is 5.32 Å². The molecule has 92 valence electrons. The summed E-state index contributed by atoms with van der Waals surface area (Å²) in [6.45, 7) is -0.952. The molecule has 1 atom stereocenters. The molecule has 1 fully saturated rings. The van der Waals surface area contributed by atoms with Crippen LogP contribution in [0.4, 0.5) is 13.6 Å². The fraction of sp³-hybridized carbons (Fsp3) is 0.300. The molecule has 1 aromatic rings. The minimum atomic E-state index is -3.20. The van der Waals surface area contributed by atoms with Crippen LogP contribution in [0.25, 0.3) is 0 Å². The van der Waals surface area contributed by atoms with Gasteiger partial charge in [-0.25, -0.2) is 13.6 Å². The zero-order valence-electron chi connectivity index (χ0n) is 8.34. The van der Waals surface area contributed by atoms with E-state index in [0.717, 1.165) is 0 Å². The van der Waals surface area contributed by atoms with Gasteiger partial charge < -0.3 is 10.1 Å². The number of hydrogen-bond acceptors (Lipinski definition) is 2. The summed E-state index contributed by atoms with van der Waals surface area (Å²) >= 11 is 9.03. The lowest BCUT2D eigenvalue weighted by Crippen LogP contribution is -2.49. The summed E-state index contributed by atoms with van der Waals surface area (Å²) in [5.74, 6) is -3.20. The SMILES string of the molecule is O=C1N[C@@H](c2cc(Br)ccc2Cl)C(F)(F)CO1. The first-order valence-corrected chi connectivity index (χ1v) is 5.83. The molecule has 1 N–H and O–H groups in total. The van der Waals surface area contributed by atoms with Crippen LogP contribution in [-0.4, -0.2) is 18.6 Å². The predicted molar refractivity (Wildman–Crippen MR) is 61.3 cm³/mol. The number of carbonyl (C=O) groups is 1.